The first-order valence-electron chi connectivity index (χ1n) is 9.81. The Morgan fingerprint density at radius 1 is 0.972 bits per heavy atom. The average molecular weight is 576 g/mol. The van der Waals surface area contributed by atoms with Gasteiger partial charge in [-0.1, -0.05) is 40.9 Å². The number of halogens is 3. The molecule has 0 aliphatic heterocycles. The van der Waals surface area contributed by atoms with Crippen molar-refractivity contribution in [1.82, 2.24) is 9.13 Å². The Morgan fingerprint density at radius 3 is 2.33 bits per heavy atom. The third-order valence-corrected chi connectivity index (χ3v) is 7.13. The summed E-state index contributed by atoms with van der Waals surface area (Å²) >= 11 is 18.0. The van der Waals surface area contributed by atoms with E-state index < -0.39 is 44.7 Å². The van der Waals surface area contributed by atoms with E-state index in [4.69, 9.17) is 39.5 Å². The first-order chi connectivity index (χ1) is 16.8. The fraction of sp³-hybridized carbons (Fsp3) is 0.143. The minimum Gasteiger partial charge on any atom is -0.452 e. The maximum atomic E-state index is 12.8. The van der Waals surface area contributed by atoms with Gasteiger partial charge in [0.05, 0.1) is 21.3 Å². The SMILES string of the molecule is Cn1c(NC(=O)COC(=O)c2cc(S(=O)(=O)Nc3cccc(Cl)c3)c(Cl)cc2Cl)cc(=O)n(C)c1=O. The van der Waals surface area contributed by atoms with Crippen LogP contribution in [0.15, 0.2) is 56.9 Å². The van der Waals surface area contributed by atoms with Crippen molar-refractivity contribution in [1.29, 1.82) is 0 Å². The zero-order valence-electron chi connectivity index (χ0n) is 18.5. The number of hydrogen-bond acceptors (Lipinski definition) is 7. The van der Waals surface area contributed by atoms with E-state index in [0.717, 1.165) is 27.3 Å². The van der Waals surface area contributed by atoms with Crippen LogP contribution in [0.25, 0.3) is 0 Å². The molecule has 0 bridgehead atoms. The number of esters is 1. The predicted molar refractivity (Wildman–Crippen MR) is 135 cm³/mol. The number of benzene rings is 2. The van der Waals surface area contributed by atoms with E-state index in [1.54, 1.807) is 6.07 Å². The number of carbonyl (C=O) groups is 2. The molecule has 0 aliphatic rings. The summed E-state index contributed by atoms with van der Waals surface area (Å²) in [5, 5.41) is 2.08. The second-order valence-electron chi connectivity index (χ2n) is 7.27. The van der Waals surface area contributed by atoms with Gasteiger partial charge in [0.15, 0.2) is 6.61 Å². The van der Waals surface area contributed by atoms with Gasteiger partial charge in [0.1, 0.15) is 10.7 Å². The molecule has 1 heterocycles. The van der Waals surface area contributed by atoms with Crippen LogP contribution in [0.1, 0.15) is 10.4 Å². The summed E-state index contributed by atoms with van der Waals surface area (Å²) in [6.45, 7) is -0.829. The van der Waals surface area contributed by atoms with Crippen LogP contribution in [0.4, 0.5) is 11.5 Å². The monoisotopic (exact) mass is 574 g/mol. The Balaban J connectivity index is 1.78. The van der Waals surface area contributed by atoms with Crippen LogP contribution in [0.5, 0.6) is 0 Å². The van der Waals surface area contributed by atoms with Crippen molar-refractivity contribution in [2.45, 2.75) is 4.90 Å². The van der Waals surface area contributed by atoms with Gasteiger partial charge in [0, 0.05) is 25.2 Å². The maximum Gasteiger partial charge on any atom is 0.340 e. The molecule has 2 N–H and O–H groups in total. The Hall–Kier alpha value is -3.32. The van der Waals surface area contributed by atoms with E-state index >= 15 is 0 Å². The molecule has 1 aromatic heterocycles. The quantitative estimate of drug-likeness (QED) is 0.412. The number of hydrogen-bond donors (Lipinski definition) is 2. The van der Waals surface area contributed by atoms with Gasteiger partial charge < -0.3 is 10.1 Å². The number of aromatic nitrogens is 2. The predicted octanol–water partition coefficient (Wildman–Crippen LogP) is 2.64. The normalized spacial score (nSPS) is 11.1. The van der Waals surface area contributed by atoms with Crippen molar-refractivity contribution in [2.75, 3.05) is 16.6 Å². The summed E-state index contributed by atoms with van der Waals surface area (Å²) in [7, 11) is -1.67. The highest BCUT2D eigenvalue weighted by Gasteiger charge is 2.24. The summed E-state index contributed by atoms with van der Waals surface area (Å²) in [6.07, 6.45) is 0. The molecule has 36 heavy (non-hydrogen) atoms. The first kappa shape index (κ1) is 27.3. The molecule has 2 aromatic carbocycles. The van der Waals surface area contributed by atoms with Gasteiger partial charge in [-0.05, 0) is 30.3 Å². The van der Waals surface area contributed by atoms with Crippen molar-refractivity contribution in [3.8, 4) is 0 Å². The third kappa shape index (κ3) is 6.08. The molecule has 0 radical (unpaired) electrons. The molecule has 0 atom stereocenters. The molecule has 190 valence electrons. The molecule has 11 nitrogen and oxygen atoms in total. The minimum absolute atomic E-state index is 0.117. The van der Waals surface area contributed by atoms with Gasteiger partial charge in [0.2, 0.25) is 0 Å². The fourth-order valence-corrected chi connectivity index (χ4v) is 4.99. The molecule has 0 aliphatic carbocycles. The topological polar surface area (TPSA) is 146 Å². The lowest BCUT2D eigenvalue weighted by atomic mass is 10.2. The molecule has 15 heteroatoms. The van der Waals surface area contributed by atoms with Crippen molar-refractivity contribution in [3.05, 3.63) is 83.9 Å². The molecular weight excluding hydrogens is 559 g/mol. The number of rotatable bonds is 7. The highest BCUT2D eigenvalue weighted by atomic mass is 35.5. The molecule has 0 fully saturated rings. The molecule has 0 spiro atoms. The summed E-state index contributed by atoms with van der Waals surface area (Å²) in [6, 6.07) is 8.87. The van der Waals surface area contributed by atoms with Crippen LogP contribution in [0.3, 0.4) is 0 Å². The molecule has 0 saturated carbocycles. The lowest BCUT2D eigenvalue weighted by molar-refractivity contribution is -0.119. The van der Waals surface area contributed by atoms with Crippen LogP contribution in [0, 0.1) is 0 Å². The van der Waals surface area contributed by atoms with E-state index in [1.807, 2.05) is 0 Å². The van der Waals surface area contributed by atoms with Gasteiger partial charge in [-0.25, -0.2) is 18.0 Å². The molecule has 3 aromatic rings. The van der Waals surface area contributed by atoms with Gasteiger partial charge >= 0.3 is 11.7 Å². The highest BCUT2D eigenvalue weighted by Crippen LogP contribution is 2.31. The summed E-state index contributed by atoms with van der Waals surface area (Å²) < 4.78 is 34.8. The van der Waals surface area contributed by atoms with Crippen LogP contribution in [0.2, 0.25) is 15.1 Å². The smallest absolute Gasteiger partial charge is 0.340 e. The van der Waals surface area contributed by atoms with Crippen LogP contribution < -0.4 is 21.3 Å². The Labute approximate surface area is 219 Å². The zero-order chi connectivity index (χ0) is 26.8. The number of ether oxygens (including phenoxy) is 1. The second kappa shape index (κ2) is 10.7. The summed E-state index contributed by atoms with van der Waals surface area (Å²) in [4.78, 5) is 48.1. The van der Waals surface area contributed by atoms with Crippen molar-refractivity contribution < 1.29 is 22.7 Å². The average Bonchev–Trinajstić information content (AvgIpc) is 2.79. The molecule has 0 unspecified atom stereocenters. The lowest BCUT2D eigenvalue weighted by Crippen LogP contribution is -2.38. The van der Waals surface area contributed by atoms with E-state index in [0.29, 0.717) is 0 Å². The number of nitrogens with zero attached hydrogens (tertiary/aromatic N) is 2. The zero-order valence-corrected chi connectivity index (χ0v) is 21.6. The van der Waals surface area contributed by atoms with E-state index in [-0.39, 0.29) is 32.1 Å². The van der Waals surface area contributed by atoms with Crippen molar-refractivity contribution in [3.63, 3.8) is 0 Å². The van der Waals surface area contributed by atoms with Gasteiger partial charge in [-0.3, -0.25) is 23.4 Å². The summed E-state index contributed by atoms with van der Waals surface area (Å²) in [5.74, 6) is -2.11. The Morgan fingerprint density at radius 2 is 1.67 bits per heavy atom. The molecule has 0 saturated heterocycles. The summed E-state index contributed by atoms with van der Waals surface area (Å²) in [5.41, 5.74) is -1.55. The van der Waals surface area contributed by atoms with Gasteiger partial charge in [-0.2, -0.15) is 0 Å². The van der Waals surface area contributed by atoms with E-state index in [9.17, 15) is 27.6 Å². The number of carbonyl (C=O) groups excluding carboxylic acids is 2. The number of sulfonamides is 1. The molecule has 3 rings (SSSR count). The number of amides is 1. The lowest BCUT2D eigenvalue weighted by Gasteiger charge is -2.13. The first-order valence-corrected chi connectivity index (χ1v) is 12.4. The van der Waals surface area contributed by atoms with Crippen molar-refractivity contribution >= 4 is 68.2 Å². The number of nitrogens with one attached hydrogen (secondary N) is 2. The van der Waals surface area contributed by atoms with Gasteiger partial charge in [-0.15, -0.1) is 0 Å². The molecule has 1 amide bonds. The van der Waals surface area contributed by atoms with E-state index in [2.05, 4.69) is 10.0 Å². The fourth-order valence-electron chi connectivity index (χ4n) is 2.89. The Kier molecular flexibility index (Phi) is 8.14. The second-order valence-corrected chi connectivity index (χ2v) is 10.2. The van der Waals surface area contributed by atoms with Gasteiger partial charge in [0.25, 0.3) is 21.5 Å². The van der Waals surface area contributed by atoms with Crippen LogP contribution >= 0.6 is 34.8 Å². The standard InChI is InChI=1S/C21H17Cl3N4O7S/c1-27-17(9-19(30)28(2)21(27)32)25-18(29)10-35-20(31)13-7-16(15(24)8-14(13)23)36(33,34)26-12-5-3-4-11(22)6-12/h3-9,26H,10H2,1-2H3,(H,25,29). The largest absolute Gasteiger partial charge is 0.452 e. The highest BCUT2D eigenvalue weighted by molar-refractivity contribution is 7.92. The van der Waals surface area contributed by atoms with Crippen molar-refractivity contribution in [2.24, 2.45) is 14.1 Å². The minimum atomic E-state index is -4.27. The van der Waals surface area contributed by atoms with Crippen LogP contribution in [-0.4, -0.2) is 36.0 Å². The van der Waals surface area contributed by atoms with Crippen LogP contribution in [-0.2, 0) is 33.7 Å². The molecular formula is C21H17Cl3N4O7S. The van der Waals surface area contributed by atoms with E-state index in [1.165, 1.54) is 32.3 Å². The third-order valence-electron chi connectivity index (χ3n) is 4.74. The number of anilines is 2. The maximum absolute atomic E-state index is 12.8. The Bertz CT molecular complexity index is 1600.